The normalized spacial score (nSPS) is 10.1. The number of carbonyl (C=O) groups excluding carboxylic acids is 1. The van der Waals surface area contributed by atoms with Crippen LogP contribution in [0.15, 0.2) is 6.20 Å². The maximum absolute atomic E-state index is 11.5. The van der Waals surface area contributed by atoms with Crippen LogP contribution in [0.1, 0.15) is 17.4 Å². The van der Waals surface area contributed by atoms with Crippen molar-refractivity contribution in [2.24, 2.45) is 5.73 Å². The van der Waals surface area contributed by atoms with Crippen molar-refractivity contribution in [3.8, 4) is 0 Å². The summed E-state index contributed by atoms with van der Waals surface area (Å²) < 4.78 is 1.34. The van der Waals surface area contributed by atoms with E-state index >= 15 is 0 Å². The molecule has 0 spiro atoms. The van der Waals surface area contributed by atoms with E-state index in [4.69, 9.17) is 5.73 Å². The number of nitrogens with two attached hydrogens (primary N) is 1. The lowest BCUT2D eigenvalue weighted by atomic mass is 10.3. The second kappa shape index (κ2) is 5.21. The third-order valence-electron chi connectivity index (χ3n) is 1.91. The lowest BCUT2D eigenvalue weighted by Gasteiger charge is -1.99. The molecule has 8 nitrogen and oxygen atoms in total. The van der Waals surface area contributed by atoms with Crippen LogP contribution in [-0.4, -0.2) is 33.7 Å². The lowest BCUT2D eigenvalue weighted by Crippen LogP contribution is -2.29. The molecule has 1 aromatic rings. The fourth-order valence-electron chi connectivity index (χ4n) is 1.14. The first-order valence-electron chi connectivity index (χ1n) is 4.80. The second-order valence-electron chi connectivity index (χ2n) is 3.02. The van der Waals surface area contributed by atoms with Gasteiger partial charge in [-0.1, -0.05) is 0 Å². The highest BCUT2D eigenvalue weighted by Gasteiger charge is 2.24. The lowest BCUT2D eigenvalue weighted by molar-refractivity contribution is -0.385. The van der Waals surface area contributed by atoms with E-state index in [1.165, 1.54) is 10.9 Å². The van der Waals surface area contributed by atoms with Crippen molar-refractivity contribution in [2.75, 3.05) is 13.1 Å². The van der Waals surface area contributed by atoms with Crippen molar-refractivity contribution >= 4 is 11.6 Å². The quantitative estimate of drug-likeness (QED) is 0.519. The van der Waals surface area contributed by atoms with Crippen molar-refractivity contribution in [2.45, 2.75) is 13.5 Å². The number of amides is 1. The molecule has 0 aromatic carbocycles. The van der Waals surface area contributed by atoms with Crippen LogP contribution in [0.2, 0.25) is 0 Å². The van der Waals surface area contributed by atoms with E-state index in [0.717, 1.165) is 0 Å². The Balaban J connectivity index is 2.96. The van der Waals surface area contributed by atoms with Gasteiger partial charge >= 0.3 is 5.69 Å². The number of aryl methyl sites for hydroxylation is 1. The molecule has 0 aliphatic carbocycles. The Kier molecular flexibility index (Phi) is 3.95. The van der Waals surface area contributed by atoms with E-state index in [1.54, 1.807) is 6.92 Å². The summed E-state index contributed by atoms with van der Waals surface area (Å²) in [5.74, 6) is -0.579. The van der Waals surface area contributed by atoms with Crippen molar-refractivity contribution in [3.63, 3.8) is 0 Å². The predicted octanol–water partition coefficient (Wildman–Crippen LogP) is -0.500. The van der Waals surface area contributed by atoms with Gasteiger partial charge in [0.1, 0.15) is 6.20 Å². The van der Waals surface area contributed by atoms with E-state index in [9.17, 15) is 14.9 Å². The van der Waals surface area contributed by atoms with E-state index in [0.29, 0.717) is 6.54 Å². The smallest absolute Gasteiger partial charge is 0.320 e. The largest absolute Gasteiger partial charge is 0.349 e. The van der Waals surface area contributed by atoms with Crippen LogP contribution in [0.25, 0.3) is 0 Å². The summed E-state index contributed by atoms with van der Waals surface area (Å²) in [7, 11) is 0. The Bertz CT molecular complexity index is 400. The summed E-state index contributed by atoms with van der Waals surface area (Å²) in [5.41, 5.74) is 4.73. The number of nitrogens with one attached hydrogen (secondary N) is 1. The molecule has 0 fully saturated rings. The van der Waals surface area contributed by atoms with Gasteiger partial charge < -0.3 is 11.1 Å². The van der Waals surface area contributed by atoms with Gasteiger partial charge in [-0.3, -0.25) is 19.6 Å². The summed E-state index contributed by atoms with van der Waals surface area (Å²) in [4.78, 5) is 21.6. The number of aromatic nitrogens is 2. The molecule has 8 heteroatoms. The zero-order valence-electron chi connectivity index (χ0n) is 8.84. The first-order valence-corrected chi connectivity index (χ1v) is 4.80. The molecule has 1 amide bonds. The predicted molar refractivity (Wildman–Crippen MR) is 55.9 cm³/mol. The minimum atomic E-state index is -0.628. The van der Waals surface area contributed by atoms with Crippen LogP contribution >= 0.6 is 0 Å². The van der Waals surface area contributed by atoms with Gasteiger partial charge in [-0.2, -0.15) is 5.10 Å². The molecule has 16 heavy (non-hydrogen) atoms. The number of nitrogens with zero attached hydrogens (tertiary/aromatic N) is 3. The first-order chi connectivity index (χ1) is 7.60. The zero-order chi connectivity index (χ0) is 12.1. The van der Waals surface area contributed by atoms with Gasteiger partial charge in [0.2, 0.25) is 5.69 Å². The number of hydrogen-bond acceptors (Lipinski definition) is 5. The monoisotopic (exact) mass is 227 g/mol. The number of nitro groups is 1. The number of carbonyl (C=O) groups is 1. The van der Waals surface area contributed by atoms with Gasteiger partial charge in [-0.15, -0.1) is 0 Å². The molecule has 88 valence electrons. The Morgan fingerprint density at radius 1 is 1.75 bits per heavy atom. The van der Waals surface area contributed by atoms with Crippen molar-refractivity contribution in [1.82, 2.24) is 15.1 Å². The Hall–Kier alpha value is -1.96. The van der Waals surface area contributed by atoms with Gasteiger partial charge in [0.05, 0.1) is 4.92 Å². The molecule has 0 radical (unpaired) electrons. The van der Waals surface area contributed by atoms with Crippen molar-refractivity contribution < 1.29 is 9.72 Å². The molecule has 0 unspecified atom stereocenters. The summed E-state index contributed by atoms with van der Waals surface area (Å²) >= 11 is 0. The molecule has 0 atom stereocenters. The highest BCUT2D eigenvalue weighted by molar-refractivity contribution is 5.96. The Labute approximate surface area is 91.6 Å². The molecule has 3 N–H and O–H groups in total. The van der Waals surface area contributed by atoms with Crippen molar-refractivity contribution in [3.05, 3.63) is 22.0 Å². The molecule has 1 rings (SSSR count). The van der Waals surface area contributed by atoms with E-state index < -0.39 is 10.8 Å². The first kappa shape index (κ1) is 12.1. The van der Waals surface area contributed by atoms with Crippen LogP contribution in [0, 0.1) is 10.1 Å². The summed E-state index contributed by atoms with van der Waals surface area (Å²) in [6, 6.07) is 0. The minimum Gasteiger partial charge on any atom is -0.349 e. The minimum absolute atomic E-state index is 0.180. The maximum Gasteiger partial charge on any atom is 0.320 e. The topological polar surface area (TPSA) is 116 Å². The highest BCUT2D eigenvalue weighted by Crippen LogP contribution is 2.16. The molecule has 0 saturated carbocycles. The van der Waals surface area contributed by atoms with Crippen LogP contribution in [-0.2, 0) is 6.54 Å². The Morgan fingerprint density at radius 2 is 2.44 bits per heavy atom. The molecule has 0 saturated heterocycles. The second-order valence-corrected chi connectivity index (χ2v) is 3.02. The van der Waals surface area contributed by atoms with E-state index in [2.05, 4.69) is 10.4 Å². The zero-order valence-corrected chi connectivity index (χ0v) is 8.84. The fourth-order valence-corrected chi connectivity index (χ4v) is 1.14. The van der Waals surface area contributed by atoms with Gasteiger partial charge in [0, 0.05) is 19.6 Å². The molecule has 0 aliphatic heterocycles. The van der Waals surface area contributed by atoms with Crippen LogP contribution in [0.3, 0.4) is 0 Å². The van der Waals surface area contributed by atoms with Crippen molar-refractivity contribution in [1.29, 1.82) is 0 Å². The molecule has 0 aliphatic rings. The standard InChI is InChI=1S/C8H13N5O3/c1-2-12-5-6(13(15)16)7(11-12)8(14)10-4-3-9/h5H,2-4,9H2,1H3,(H,10,14). The van der Waals surface area contributed by atoms with Gasteiger partial charge in [0.15, 0.2) is 0 Å². The molecular weight excluding hydrogens is 214 g/mol. The summed E-state index contributed by atoms with van der Waals surface area (Å²) in [6.45, 7) is 2.77. The third-order valence-corrected chi connectivity index (χ3v) is 1.91. The van der Waals surface area contributed by atoms with Gasteiger partial charge in [-0.05, 0) is 6.92 Å². The average Bonchev–Trinajstić information content (AvgIpc) is 2.70. The fraction of sp³-hybridized carbons (Fsp3) is 0.500. The number of rotatable bonds is 5. The van der Waals surface area contributed by atoms with Crippen LogP contribution in [0.4, 0.5) is 5.69 Å². The molecule has 1 aromatic heterocycles. The number of hydrogen-bond donors (Lipinski definition) is 2. The maximum atomic E-state index is 11.5. The summed E-state index contributed by atoms with van der Waals surface area (Å²) in [6.07, 6.45) is 1.23. The third kappa shape index (κ3) is 2.54. The summed E-state index contributed by atoms with van der Waals surface area (Å²) in [5, 5.41) is 16.9. The Morgan fingerprint density at radius 3 is 2.94 bits per heavy atom. The SMILES string of the molecule is CCn1cc([N+](=O)[O-])c(C(=O)NCCN)n1. The molecule has 0 bridgehead atoms. The van der Waals surface area contributed by atoms with Gasteiger partial charge in [0.25, 0.3) is 5.91 Å². The van der Waals surface area contributed by atoms with Crippen LogP contribution in [0.5, 0.6) is 0 Å². The average molecular weight is 227 g/mol. The molecule has 1 heterocycles. The van der Waals surface area contributed by atoms with E-state index in [1.807, 2.05) is 0 Å². The highest BCUT2D eigenvalue weighted by atomic mass is 16.6. The van der Waals surface area contributed by atoms with E-state index in [-0.39, 0.29) is 24.5 Å². The van der Waals surface area contributed by atoms with Gasteiger partial charge in [-0.25, -0.2) is 0 Å². The van der Waals surface area contributed by atoms with Crippen LogP contribution < -0.4 is 11.1 Å². The molecular formula is C8H13N5O3.